The summed E-state index contributed by atoms with van der Waals surface area (Å²) < 4.78 is 25.8. The quantitative estimate of drug-likeness (QED) is 0.661. The van der Waals surface area contributed by atoms with Gasteiger partial charge in [0.25, 0.3) is 5.92 Å². The van der Waals surface area contributed by atoms with Gasteiger partial charge in [-0.15, -0.1) is 0 Å². The molecular formula is C8H10F2N2. The summed E-state index contributed by atoms with van der Waals surface area (Å²) >= 11 is 0. The molecule has 0 unspecified atom stereocenters. The predicted molar refractivity (Wildman–Crippen MR) is 43.8 cm³/mol. The van der Waals surface area contributed by atoms with E-state index < -0.39 is 12.5 Å². The lowest BCUT2D eigenvalue weighted by Gasteiger charge is -2.13. The Morgan fingerprint density at radius 1 is 1.33 bits per heavy atom. The van der Waals surface area contributed by atoms with Crippen molar-refractivity contribution in [1.29, 1.82) is 0 Å². The Morgan fingerprint density at radius 3 is 2.50 bits per heavy atom. The van der Waals surface area contributed by atoms with Gasteiger partial charge in [-0.25, -0.2) is 0 Å². The van der Waals surface area contributed by atoms with Crippen molar-refractivity contribution < 1.29 is 8.78 Å². The Hall–Kier alpha value is -1.16. The smallest absolute Gasteiger partial charge is 0.285 e. The van der Waals surface area contributed by atoms with E-state index in [0.29, 0.717) is 5.69 Å². The van der Waals surface area contributed by atoms with Crippen LogP contribution < -0.4 is 11.5 Å². The van der Waals surface area contributed by atoms with Crippen LogP contribution in [0.1, 0.15) is 5.56 Å². The molecular weight excluding hydrogens is 162 g/mol. The highest BCUT2D eigenvalue weighted by atomic mass is 19.3. The highest BCUT2D eigenvalue weighted by molar-refractivity contribution is 5.42. The van der Waals surface area contributed by atoms with Crippen molar-refractivity contribution in [2.75, 3.05) is 12.3 Å². The molecule has 0 fully saturated rings. The first-order chi connectivity index (χ1) is 5.56. The fraction of sp³-hybridized carbons (Fsp3) is 0.250. The first-order valence-corrected chi connectivity index (χ1v) is 3.50. The number of nitrogen functional groups attached to an aromatic ring is 1. The van der Waals surface area contributed by atoms with Gasteiger partial charge >= 0.3 is 0 Å². The van der Waals surface area contributed by atoms with Gasteiger partial charge in [-0.05, 0) is 12.1 Å². The largest absolute Gasteiger partial charge is 0.399 e. The van der Waals surface area contributed by atoms with Gasteiger partial charge in [0.05, 0.1) is 6.54 Å². The molecule has 12 heavy (non-hydrogen) atoms. The second-order valence-electron chi connectivity index (χ2n) is 2.53. The Balaban J connectivity index is 3.03. The molecule has 0 radical (unpaired) electrons. The van der Waals surface area contributed by atoms with E-state index in [9.17, 15) is 8.78 Å². The van der Waals surface area contributed by atoms with Crippen molar-refractivity contribution in [2.24, 2.45) is 5.73 Å². The van der Waals surface area contributed by atoms with E-state index in [1.807, 2.05) is 0 Å². The summed E-state index contributed by atoms with van der Waals surface area (Å²) in [7, 11) is 0. The lowest BCUT2D eigenvalue weighted by atomic mass is 10.1. The fourth-order valence-corrected chi connectivity index (χ4v) is 0.884. The molecule has 0 aliphatic heterocycles. The van der Waals surface area contributed by atoms with E-state index in [1.165, 1.54) is 18.2 Å². The van der Waals surface area contributed by atoms with Gasteiger partial charge < -0.3 is 11.5 Å². The van der Waals surface area contributed by atoms with Crippen molar-refractivity contribution in [2.45, 2.75) is 5.92 Å². The molecule has 0 spiro atoms. The fourth-order valence-electron chi connectivity index (χ4n) is 0.884. The molecule has 0 heterocycles. The van der Waals surface area contributed by atoms with Crippen LogP contribution >= 0.6 is 0 Å². The highest BCUT2D eigenvalue weighted by Crippen LogP contribution is 2.27. The minimum atomic E-state index is -2.98. The molecule has 0 atom stereocenters. The van der Waals surface area contributed by atoms with Crippen molar-refractivity contribution in [3.63, 3.8) is 0 Å². The Bertz CT molecular complexity index is 274. The molecule has 1 rings (SSSR count). The minimum Gasteiger partial charge on any atom is -0.399 e. The standard InChI is InChI=1S/C8H10F2N2/c9-8(10,5-11)6-2-1-3-7(12)4-6/h1-4H,5,11-12H2. The summed E-state index contributed by atoms with van der Waals surface area (Å²) in [4.78, 5) is 0. The van der Waals surface area contributed by atoms with Crippen LogP contribution in [0.4, 0.5) is 14.5 Å². The van der Waals surface area contributed by atoms with Crippen molar-refractivity contribution in [3.8, 4) is 0 Å². The molecule has 0 aromatic heterocycles. The molecule has 1 aromatic rings. The maximum Gasteiger partial charge on any atom is 0.285 e. The lowest BCUT2D eigenvalue weighted by molar-refractivity contribution is 0.00601. The first-order valence-electron chi connectivity index (χ1n) is 3.50. The number of rotatable bonds is 2. The number of hydrogen-bond donors (Lipinski definition) is 2. The molecule has 0 saturated carbocycles. The number of anilines is 1. The molecule has 0 aliphatic carbocycles. The molecule has 66 valence electrons. The summed E-state index contributed by atoms with van der Waals surface area (Å²) in [6.45, 7) is -0.698. The van der Waals surface area contributed by atoms with Crippen LogP contribution in [0.3, 0.4) is 0 Å². The molecule has 0 aliphatic rings. The monoisotopic (exact) mass is 172 g/mol. The van der Waals surface area contributed by atoms with E-state index in [-0.39, 0.29) is 5.56 Å². The summed E-state index contributed by atoms with van der Waals surface area (Å²) in [5.41, 5.74) is 10.4. The third-order valence-corrected chi connectivity index (χ3v) is 1.57. The third-order valence-electron chi connectivity index (χ3n) is 1.57. The highest BCUT2D eigenvalue weighted by Gasteiger charge is 2.29. The summed E-state index contributed by atoms with van der Waals surface area (Å²) in [5, 5.41) is 0. The molecule has 0 bridgehead atoms. The van der Waals surface area contributed by atoms with E-state index in [1.54, 1.807) is 6.07 Å². The Labute approximate surface area is 69.2 Å². The van der Waals surface area contributed by atoms with Crippen molar-refractivity contribution in [1.82, 2.24) is 0 Å². The van der Waals surface area contributed by atoms with Gasteiger partial charge in [-0.2, -0.15) is 8.78 Å². The van der Waals surface area contributed by atoms with Gasteiger partial charge in [-0.1, -0.05) is 12.1 Å². The predicted octanol–water partition coefficient (Wildman–Crippen LogP) is 1.32. The number of nitrogens with two attached hydrogens (primary N) is 2. The van der Waals surface area contributed by atoms with E-state index in [4.69, 9.17) is 11.5 Å². The first kappa shape index (κ1) is 8.93. The van der Waals surface area contributed by atoms with Crippen molar-refractivity contribution in [3.05, 3.63) is 29.8 Å². The summed E-state index contributed by atoms with van der Waals surface area (Å²) in [5.74, 6) is -2.98. The number of alkyl halides is 2. The van der Waals surface area contributed by atoms with Crippen LogP contribution in [0.25, 0.3) is 0 Å². The van der Waals surface area contributed by atoms with Gasteiger partial charge in [0.15, 0.2) is 0 Å². The molecule has 1 aromatic carbocycles. The topological polar surface area (TPSA) is 52.0 Å². The van der Waals surface area contributed by atoms with Crippen molar-refractivity contribution >= 4 is 5.69 Å². The van der Waals surface area contributed by atoms with Crippen LogP contribution in [0.2, 0.25) is 0 Å². The minimum absolute atomic E-state index is 0.134. The van der Waals surface area contributed by atoms with Gasteiger partial charge in [0, 0.05) is 11.3 Å². The second kappa shape index (κ2) is 3.06. The van der Waals surface area contributed by atoms with E-state index >= 15 is 0 Å². The summed E-state index contributed by atoms with van der Waals surface area (Å²) in [6, 6.07) is 5.57. The Kier molecular flexibility index (Phi) is 2.28. The maximum atomic E-state index is 12.9. The molecule has 4 heteroatoms. The molecule has 0 saturated heterocycles. The normalized spacial score (nSPS) is 11.6. The number of halogens is 2. The van der Waals surface area contributed by atoms with Gasteiger partial charge in [0.1, 0.15) is 0 Å². The van der Waals surface area contributed by atoms with Crippen LogP contribution in [-0.2, 0) is 5.92 Å². The Morgan fingerprint density at radius 2 is 2.00 bits per heavy atom. The molecule has 4 N–H and O–H groups in total. The van der Waals surface area contributed by atoms with Crippen LogP contribution in [-0.4, -0.2) is 6.54 Å². The molecule has 0 amide bonds. The lowest BCUT2D eigenvalue weighted by Crippen LogP contribution is -2.25. The third kappa shape index (κ3) is 1.71. The average Bonchev–Trinajstić information content (AvgIpc) is 2.05. The zero-order valence-electron chi connectivity index (χ0n) is 6.43. The maximum absolute atomic E-state index is 12.9. The van der Waals surface area contributed by atoms with E-state index in [0.717, 1.165) is 0 Å². The average molecular weight is 172 g/mol. The molecule has 2 nitrogen and oxygen atoms in total. The number of hydrogen-bond acceptors (Lipinski definition) is 2. The SMILES string of the molecule is NCC(F)(F)c1cccc(N)c1. The van der Waals surface area contributed by atoms with Crippen LogP contribution in [0, 0.1) is 0 Å². The zero-order valence-corrected chi connectivity index (χ0v) is 6.43. The van der Waals surface area contributed by atoms with Crippen LogP contribution in [0.5, 0.6) is 0 Å². The van der Waals surface area contributed by atoms with Gasteiger partial charge in [0.2, 0.25) is 0 Å². The van der Waals surface area contributed by atoms with Crippen LogP contribution in [0.15, 0.2) is 24.3 Å². The summed E-state index contributed by atoms with van der Waals surface area (Å²) in [6.07, 6.45) is 0. The van der Waals surface area contributed by atoms with Gasteiger partial charge in [-0.3, -0.25) is 0 Å². The zero-order chi connectivity index (χ0) is 9.19. The van der Waals surface area contributed by atoms with E-state index in [2.05, 4.69) is 0 Å². The number of benzene rings is 1. The second-order valence-corrected chi connectivity index (χ2v) is 2.53.